The predicted octanol–water partition coefficient (Wildman–Crippen LogP) is 2.63. The summed E-state index contributed by atoms with van der Waals surface area (Å²) in [6.07, 6.45) is 0. The van der Waals surface area contributed by atoms with Gasteiger partial charge in [0.2, 0.25) is 0 Å². The molecule has 1 aromatic carbocycles. The summed E-state index contributed by atoms with van der Waals surface area (Å²) in [6, 6.07) is 8.30. The molecule has 0 aliphatic carbocycles. The topological polar surface area (TPSA) is 37.3 Å². The summed E-state index contributed by atoms with van der Waals surface area (Å²) in [5.74, 6) is -0.157. The minimum Gasteiger partial charge on any atom is -0.478 e. The fourth-order valence-corrected chi connectivity index (χ4v) is 0.581. The van der Waals surface area contributed by atoms with Gasteiger partial charge in [0.05, 0.1) is 5.56 Å². The van der Waals surface area contributed by atoms with E-state index in [1.165, 1.54) is 0 Å². The molecule has 0 aromatic heterocycles. The minimum absolute atomic E-state index is 0.331. The number of aromatic carboxylic acids is 1. The Kier molecular flexibility index (Phi) is 6.11. The molecule has 0 aliphatic rings. The van der Waals surface area contributed by atoms with Crippen LogP contribution in [0.15, 0.2) is 30.3 Å². The number of carbonyl (C=O) groups is 1. The van der Waals surface area contributed by atoms with Crippen molar-refractivity contribution in [1.29, 1.82) is 0 Å². The van der Waals surface area contributed by atoms with Gasteiger partial charge in [-0.05, 0) is 12.1 Å². The number of benzene rings is 1. The first kappa shape index (κ1) is 11.0. The highest BCUT2D eigenvalue weighted by molar-refractivity contribution is 6.17. The van der Waals surface area contributed by atoms with Crippen LogP contribution in [0, 0.1) is 0 Å². The highest BCUT2D eigenvalue weighted by Crippen LogP contribution is 1.96. The molecule has 0 saturated heterocycles. The summed E-state index contributed by atoms with van der Waals surface area (Å²) < 4.78 is 0. The van der Waals surface area contributed by atoms with Gasteiger partial charge >= 0.3 is 5.97 Å². The molecule has 0 radical (unpaired) electrons. The summed E-state index contributed by atoms with van der Waals surface area (Å²) in [7, 11) is 0. The van der Waals surface area contributed by atoms with E-state index in [9.17, 15) is 4.79 Å². The molecule has 0 spiro atoms. The Hall–Kier alpha value is -1.02. The maximum Gasteiger partial charge on any atom is 0.335 e. The summed E-state index contributed by atoms with van der Waals surface area (Å²) in [6.45, 7) is 1.89. The zero-order valence-corrected chi connectivity index (χ0v) is 7.58. The minimum atomic E-state index is -0.879. The zero-order chi connectivity index (χ0) is 9.40. The van der Waals surface area contributed by atoms with Crippen LogP contribution in [0.1, 0.15) is 17.3 Å². The fourth-order valence-electron chi connectivity index (χ4n) is 0.581. The first-order chi connectivity index (χ1) is 5.72. The Morgan fingerprint density at radius 3 is 2.08 bits per heavy atom. The lowest BCUT2D eigenvalue weighted by molar-refractivity contribution is 0.0697. The first-order valence-corrected chi connectivity index (χ1v) is 4.10. The van der Waals surface area contributed by atoms with Crippen molar-refractivity contribution in [3.63, 3.8) is 0 Å². The van der Waals surface area contributed by atoms with E-state index in [-0.39, 0.29) is 0 Å². The summed E-state index contributed by atoms with van der Waals surface area (Å²) in [5, 5.41) is 8.38. The second-order valence-electron chi connectivity index (χ2n) is 1.94. The van der Waals surface area contributed by atoms with Crippen LogP contribution in [0.25, 0.3) is 0 Å². The second kappa shape index (κ2) is 6.68. The Labute approximate surface area is 76.8 Å². The van der Waals surface area contributed by atoms with Gasteiger partial charge in [-0.25, -0.2) is 4.79 Å². The van der Waals surface area contributed by atoms with E-state index in [1.807, 2.05) is 6.92 Å². The van der Waals surface area contributed by atoms with Gasteiger partial charge in [0.15, 0.2) is 0 Å². The highest BCUT2D eigenvalue weighted by Gasteiger charge is 1.96. The van der Waals surface area contributed by atoms with Crippen molar-refractivity contribution in [2.75, 3.05) is 5.88 Å². The van der Waals surface area contributed by atoms with Crippen molar-refractivity contribution in [2.45, 2.75) is 6.92 Å². The van der Waals surface area contributed by atoms with Crippen LogP contribution in [0.3, 0.4) is 0 Å². The molecule has 0 atom stereocenters. The molecule has 1 N–H and O–H groups in total. The molecular formula is C9H11ClO2. The SMILES string of the molecule is CCCl.O=C(O)c1ccccc1. The van der Waals surface area contributed by atoms with Gasteiger partial charge in [0, 0.05) is 5.88 Å². The first-order valence-electron chi connectivity index (χ1n) is 3.56. The lowest BCUT2D eigenvalue weighted by Gasteiger charge is -1.88. The van der Waals surface area contributed by atoms with E-state index in [1.54, 1.807) is 30.3 Å². The smallest absolute Gasteiger partial charge is 0.335 e. The van der Waals surface area contributed by atoms with Crippen LogP contribution in [0.4, 0.5) is 0 Å². The molecule has 0 heterocycles. The Bertz CT molecular complexity index is 221. The third-order valence-electron chi connectivity index (χ3n) is 1.02. The van der Waals surface area contributed by atoms with E-state index in [0.29, 0.717) is 5.56 Å². The lowest BCUT2D eigenvalue weighted by Crippen LogP contribution is -1.93. The van der Waals surface area contributed by atoms with Gasteiger partial charge in [0.1, 0.15) is 0 Å². The molecular weight excluding hydrogens is 176 g/mol. The lowest BCUT2D eigenvalue weighted by atomic mass is 10.2. The number of halogens is 1. The number of rotatable bonds is 1. The standard InChI is InChI=1S/C7H6O2.C2H5Cl/c8-7(9)6-4-2-1-3-5-6;1-2-3/h1-5H,(H,8,9);2H2,1H3. The van der Waals surface area contributed by atoms with Crippen LogP contribution < -0.4 is 0 Å². The van der Waals surface area contributed by atoms with Crippen LogP contribution in [0.5, 0.6) is 0 Å². The van der Waals surface area contributed by atoms with E-state index in [2.05, 4.69) is 0 Å². The van der Waals surface area contributed by atoms with Crippen LogP contribution >= 0.6 is 11.6 Å². The van der Waals surface area contributed by atoms with Crippen molar-refractivity contribution in [2.24, 2.45) is 0 Å². The van der Waals surface area contributed by atoms with Crippen LogP contribution in [-0.2, 0) is 0 Å². The molecule has 2 nitrogen and oxygen atoms in total. The average molecular weight is 187 g/mol. The molecule has 0 unspecified atom stereocenters. The van der Waals surface area contributed by atoms with Crippen molar-refractivity contribution in [3.05, 3.63) is 35.9 Å². The third kappa shape index (κ3) is 4.74. The number of carboxylic acids is 1. The number of alkyl halides is 1. The average Bonchev–Trinajstić information content (AvgIpc) is 2.07. The van der Waals surface area contributed by atoms with Gasteiger partial charge in [-0.15, -0.1) is 11.6 Å². The predicted molar refractivity (Wildman–Crippen MR) is 49.8 cm³/mol. The van der Waals surface area contributed by atoms with E-state index < -0.39 is 5.97 Å². The van der Waals surface area contributed by atoms with Gasteiger partial charge in [0.25, 0.3) is 0 Å². The van der Waals surface area contributed by atoms with Gasteiger partial charge in [-0.3, -0.25) is 0 Å². The summed E-state index contributed by atoms with van der Waals surface area (Å²) in [5.41, 5.74) is 0.331. The third-order valence-corrected chi connectivity index (χ3v) is 1.02. The highest BCUT2D eigenvalue weighted by atomic mass is 35.5. The summed E-state index contributed by atoms with van der Waals surface area (Å²) in [4.78, 5) is 10.2. The quantitative estimate of drug-likeness (QED) is 0.685. The molecule has 3 heteroatoms. The Morgan fingerprint density at radius 1 is 1.42 bits per heavy atom. The Balaban J connectivity index is 0.000000354. The van der Waals surface area contributed by atoms with Crippen LogP contribution in [-0.4, -0.2) is 17.0 Å². The summed E-state index contributed by atoms with van der Waals surface area (Å²) >= 11 is 5.00. The van der Waals surface area contributed by atoms with E-state index in [0.717, 1.165) is 5.88 Å². The molecule has 12 heavy (non-hydrogen) atoms. The molecule has 1 rings (SSSR count). The molecule has 0 amide bonds. The molecule has 0 saturated carbocycles. The molecule has 0 fully saturated rings. The maximum atomic E-state index is 10.2. The number of hydrogen-bond acceptors (Lipinski definition) is 1. The molecule has 0 aliphatic heterocycles. The fraction of sp³-hybridized carbons (Fsp3) is 0.222. The molecule has 1 aromatic rings. The van der Waals surface area contributed by atoms with E-state index in [4.69, 9.17) is 16.7 Å². The largest absolute Gasteiger partial charge is 0.478 e. The second-order valence-corrected chi connectivity index (χ2v) is 2.47. The maximum absolute atomic E-state index is 10.2. The monoisotopic (exact) mass is 186 g/mol. The van der Waals surface area contributed by atoms with E-state index >= 15 is 0 Å². The number of hydrogen-bond donors (Lipinski definition) is 1. The van der Waals surface area contributed by atoms with Gasteiger partial charge in [-0.1, -0.05) is 25.1 Å². The molecule has 0 bridgehead atoms. The van der Waals surface area contributed by atoms with Crippen molar-refractivity contribution >= 4 is 17.6 Å². The normalized spacial score (nSPS) is 8.17. The van der Waals surface area contributed by atoms with Crippen LogP contribution in [0.2, 0.25) is 0 Å². The van der Waals surface area contributed by atoms with Crippen molar-refractivity contribution in [3.8, 4) is 0 Å². The molecule has 66 valence electrons. The van der Waals surface area contributed by atoms with Gasteiger partial charge in [-0.2, -0.15) is 0 Å². The number of carboxylic acid groups (broad SMARTS) is 1. The van der Waals surface area contributed by atoms with Crippen molar-refractivity contribution < 1.29 is 9.90 Å². The zero-order valence-electron chi connectivity index (χ0n) is 6.83. The Morgan fingerprint density at radius 2 is 1.83 bits per heavy atom. The van der Waals surface area contributed by atoms with Gasteiger partial charge < -0.3 is 5.11 Å². The van der Waals surface area contributed by atoms with Crippen molar-refractivity contribution in [1.82, 2.24) is 0 Å².